The van der Waals surface area contributed by atoms with Crippen molar-refractivity contribution in [2.45, 2.75) is 32.6 Å². The zero-order chi connectivity index (χ0) is 11.9. The molecular formula is C13H22N4. The number of piperazine rings is 1. The first kappa shape index (κ1) is 12.3. The lowest BCUT2D eigenvalue weighted by molar-refractivity contribution is 0.581. The molecule has 94 valence electrons. The highest BCUT2D eigenvalue weighted by atomic mass is 15.3. The van der Waals surface area contributed by atoms with E-state index in [0.29, 0.717) is 0 Å². The predicted molar refractivity (Wildman–Crippen MR) is 70.3 cm³/mol. The molecule has 17 heavy (non-hydrogen) atoms. The van der Waals surface area contributed by atoms with Gasteiger partial charge < -0.3 is 10.2 Å². The number of hydrogen-bond donors (Lipinski definition) is 1. The Bertz CT molecular complexity index is 317. The minimum absolute atomic E-state index is 1.02. The molecule has 0 aliphatic carbocycles. The number of hydrogen-bond acceptors (Lipinski definition) is 4. The zero-order valence-electron chi connectivity index (χ0n) is 10.7. The molecule has 0 saturated carbocycles. The van der Waals surface area contributed by atoms with Gasteiger partial charge in [-0.05, 0) is 25.0 Å². The van der Waals surface area contributed by atoms with Crippen LogP contribution in [0.3, 0.4) is 0 Å². The van der Waals surface area contributed by atoms with Gasteiger partial charge in [0, 0.05) is 26.2 Å². The first-order chi connectivity index (χ1) is 8.40. The van der Waals surface area contributed by atoms with Crippen LogP contribution in [-0.4, -0.2) is 36.4 Å². The minimum Gasteiger partial charge on any atom is -0.353 e. The van der Waals surface area contributed by atoms with Crippen LogP contribution >= 0.6 is 0 Å². The van der Waals surface area contributed by atoms with Crippen molar-refractivity contribution < 1.29 is 0 Å². The molecule has 0 spiro atoms. The summed E-state index contributed by atoms with van der Waals surface area (Å²) < 4.78 is 0. The van der Waals surface area contributed by atoms with Crippen LogP contribution in [0.2, 0.25) is 0 Å². The normalized spacial score (nSPS) is 16.2. The Morgan fingerprint density at radius 1 is 1.18 bits per heavy atom. The SMILES string of the molecule is CCCCCc1ccc(N2CCNCC2)nn1. The van der Waals surface area contributed by atoms with Crippen molar-refractivity contribution in [2.24, 2.45) is 0 Å². The van der Waals surface area contributed by atoms with E-state index in [0.717, 1.165) is 44.1 Å². The Morgan fingerprint density at radius 2 is 2.00 bits per heavy atom. The summed E-state index contributed by atoms with van der Waals surface area (Å²) in [5.74, 6) is 1.02. The van der Waals surface area contributed by atoms with Crippen LogP contribution in [0.5, 0.6) is 0 Å². The average Bonchev–Trinajstić information content (AvgIpc) is 2.41. The number of aromatic nitrogens is 2. The summed E-state index contributed by atoms with van der Waals surface area (Å²) in [7, 11) is 0. The monoisotopic (exact) mass is 234 g/mol. The molecular weight excluding hydrogens is 212 g/mol. The first-order valence-electron chi connectivity index (χ1n) is 6.68. The molecule has 0 aromatic carbocycles. The number of nitrogens with one attached hydrogen (secondary N) is 1. The van der Waals surface area contributed by atoms with Crippen molar-refractivity contribution in [3.63, 3.8) is 0 Å². The molecule has 0 bridgehead atoms. The second-order valence-corrected chi connectivity index (χ2v) is 4.58. The smallest absolute Gasteiger partial charge is 0.151 e. The third-order valence-electron chi connectivity index (χ3n) is 3.18. The largest absolute Gasteiger partial charge is 0.353 e. The van der Waals surface area contributed by atoms with Crippen LogP contribution in [0.1, 0.15) is 31.9 Å². The van der Waals surface area contributed by atoms with E-state index in [1.807, 2.05) is 0 Å². The van der Waals surface area contributed by atoms with Gasteiger partial charge in [0.15, 0.2) is 5.82 Å². The van der Waals surface area contributed by atoms with E-state index in [9.17, 15) is 0 Å². The lowest BCUT2D eigenvalue weighted by atomic mass is 10.1. The fraction of sp³-hybridized carbons (Fsp3) is 0.692. The summed E-state index contributed by atoms with van der Waals surface area (Å²) in [6, 6.07) is 4.24. The van der Waals surface area contributed by atoms with Gasteiger partial charge in [-0.15, -0.1) is 5.10 Å². The number of aryl methyl sites for hydroxylation is 1. The van der Waals surface area contributed by atoms with Gasteiger partial charge in [-0.1, -0.05) is 19.8 Å². The maximum Gasteiger partial charge on any atom is 0.151 e. The Balaban J connectivity index is 1.88. The molecule has 1 aromatic rings. The first-order valence-corrected chi connectivity index (χ1v) is 6.68. The van der Waals surface area contributed by atoms with Crippen LogP contribution in [0.15, 0.2) is 12.1 Å². The van der Waals surface area contributed by atoms with Crippen LogP contribution < -0.4 is 10.2 Å². The van der Waals surface area contributed by atoms with E-state index < -0.39 is 0 Å². The molecule has 1 aliphatic heterocycles. The number of anilines is 1. The van der Waals surface area contributed by atoms with E-state index in [2.05, 4.69) is 39.5 Å². The lowest BCUT2D eigenvalue weighted by Crippen LogP contribution is -2.43. The highest BCUT2D eigenvalue weighted by Gasteiger charge is 2.11. The van der Waals surface area contributed by atoms with Crippen LogP contribution in [0, 0.1) is 0 Å². The predicted octanol–water partition coefficient (Wildman–Crippen LogP) is 1.62. The Kier molecular flexibility index (Phi) is 4.74. The van der Waals surface area contributed by atoms with Gasteiger partial charge >= 0.3 is 0 Å². The number of rotatable bonds is 5. The van der Waals surface area contributed by atoms with Crippen molar-refractivity contribution in [1.29, 1.82) is 0 Å². The summed E-state index contributed by atoms with van der Waals surface area (Å²) in [4.78, 5) is 2.29. The van der Waals surface area contributed by atoms with E-state index in [1.54, 1.807) is 0 Å². The van der Waals surface area contributed by atoms with Gasteiger partial charge in [0.1, 0.15) is 0 Å². The lowest BCUT2D eigenvalue weighted by Gasteiger charge is -2.27. The van der Waals surface area contributed by atoms with E-state index >= 15 is 0 Å². The van der Waals surface area contributed by atoms with Gasteiger partial charge in [0.25, 0.3) is 0 Å². The van der Waals surface area contributed by atoms with Crippen molar-refractivity contribution in [1.82, 2.24) is 15.5 Å². The highest BCUT2D eigenvalue weighted by Crippen LogP contribution is 2.11. The van der Waals surface area contributed by atoms with Crippen LogP contribution in [0.25, 0.3) is 0 Å². The molecule has 0 amide bonds. The maximum atomic E-state index is 4.33. The highest BCUT2D eigenvalue weighted by molar-refractivity contribution is 5.37. The second-order valence-electron chi connectivity index (χ2n) is 4.58. The summed E-state index contributed by atoms with van der Waals surface area (Å²) in [5.41, 5.74) is 1.12. The van der Waals surface area contributed by atoms with E-state index in [4.69, 9.17) is 0 Å². The van der Waals surface area contributed by atoms with Crippen molar-refractivity contribution in [2.75, 3.05) is 31.1 Å². The van der Waals surface area contributed by atoms with E-state index in [1.165, 1.54) is 19.3 Å². The van der Waals surface area contributed by atoms with E-state index in [-0.39, 0.29) is 0 Å². The molecule has 1 aromatic heterocycles. The fourth-order valence-electron chi connectivity index (χ4n) is 2.10. The fourth-order valence-corrected chi connectivity index (χ4v) is 2.10. The summed E-state index contributed by atoms with van der Waals surface area (Å²) in [6.45, 7) is 6.37. The third-order valence-corrected chi connectivity index (χ3v) is 3.18. The maximum absolute atomic E-state index is 4.33. The summed E-state index contributed by atoms with van der Waals surface area (Å²) >= 11 is 0. The molecule has 1 fully saturated rings. The molecule has 2 rings (SSSR count). The zero-order valence-corrected chi connectivity index (χ0v) is 10.7. The third kappa shape index (κ3) is 3.66. The molecule has 0 atom stereocenters. The minimum atomic E-state index is 1.02. The Hall–Kier alpha value is -1.16. The molecule has 2 heterocycles. The van der Waals surface area contributed by atoms with Crippen LogP contribution in [-0.2, 0) is 6.42 Å². The van der Waals surface area contributed by atoms with Gasteiger partial charge in [-0.25, -0.2) is 0 Å². The van der Waals surface area contributed by atoms with Gasteiger partial charge in [-0.2, -0.15) is 5.10 Å². The topological polar surface area (TPSA) is 41.0 Å². The average molecular weight is 234 g/mol. The van der Waals surface area contributed by atoms with Gasteiger partial charge in [-0.3, -0.25) is 0 Å². The van der Waals surface area contributed by atoms with Crippen LogP contribution in [0.4, 0.5) is 5.82 Å². The Labute approximate surface area is 103 Å². The Morgan fingerprint density at radius 3 is 2.65 bits per heavy atom. The van der Waals surface area contributed by atoms with Gasteiger partial charge in [0.2, 0.25) is 0 Å². The molecule has 1 saturated heterocycles. The molecule has 1 N–H and O–H groups in total. The summed E-state index contributed by atoms with van der Waals surface area (Å²) in [5, 5.41) is 12.0. The quantitative estimate of drug-likeness (QED) is 0.786. The molecule has 4 heteroatoms. The molecule has 4 nitrogen and oxygen atoms in total. The summed E-state index contributed by atoms with van der Waals surface area (Å²) in [6.07, 6.45) is 4.81. The molecule has 0 unspecified atom stereocenters. The standard InChI is InChI=1S/C13H22N4/c1-2-3-4-5-12-6-7-13(16-15-12)17-10-8-14-9-11-17/h6-7,14H,2-5,8-11H2,1H3. The second kappa shape index (κ2) is 6.55. The van der Waals surface area contributed by atoms with Gasteiger partial charge in [0.05, 0.1) is 5.69 Å². The van der Waals surface area contributed by atoms with Crippen molar-refractivity contribution in [3.05, 3.63) is 17.8 Å². The molecule has 0 radical (unpaired) electrons. The number of nitrogens with zero attached hydrogens (tertiary/aromatic N) is 3. The van der Waals surface area contributed by atoms with Crippen molar-refractivity contribution >= 4 is 5.82 Å². The molecule has 1 aliphatic rings. The number of unbranched alkanes of at least 4 members (excludes halogenated alkanes) is 2. The van der Waals surface area contributed by atoms with Crippen molar-refractivity contribution in [3.8, 4) is 0 Å².